The van der Waals surface area contributed by atoms with Gasteiger partial charge in [-0.05, 0) is 18.2 Å². The molecule has 4 nitrogen and oxygen atoms in total. The third kappa shape index (κ3) is 3.28. The van der Waals surface area contributed by atoms with Crippen molar-refractivity contribution in [2.75, 3.05) is 42.4 Å². The van der Waals surface area contributed by atoms with Gasteiger partial charge in [0.05, 0.1) is 23.9 Å². The third-order valence-corrected chi connectivity index (χ3v) is 3.29. The molecule has 98 valence electrons. The topological polar surface area (TPSA) is 41.6 Å². The smallest absolute Gasteiger partial charge is 0.239 e. The van der Waals surface area contributed by atoms with E-state index in [1.807, 2.05) is 12.1 Å². The maximum Gasteiger partial charge on any atom is 0.239 e. The Balaban J connectivity index is 2.16. The summed E-state index contributed by atoms with van der Waals surface area (Å²) in [5.74, 6) is -0.351. The lowest BCUT2D eigenvalue weighted by Crippen LogP contribution is -2.36. The average molecular weight is 289 g/mol. The van der Waals surface area contributed by atoms with Gasteiger partial charge in [0, 0.05) is 18.8 Å². The monoisotopic (exact) mass is 288 g/mol. The van der Waals surface area contributed by atoms with Gasteiger partial charge in [0.2, 0.25) is 5.91 Å². The van der Waals surface area contributed by atoms with Crippen LogP contribution in [0.15, 0.2) is 18.2 Å². The number of alkyl halides is 1. The van der Waals surface area contributed by atoms with E-state index >= 15 is 0 Å². The van der Waals surface area contributed by atoms with E-state index in [0.29, 0.717) is 23.9 Å². The molecule has 0 saturated carbocycles. The van der Waals surface area contributed by atoms with Gasteiger partial charge in [-0.25, -0.2) is 0 Å². The second kappa shape index (κ2) is 6.27. The first-order valence-electron chi connectivity index (χ1n) is 5.69. The van der Waals surface area contributed by atoms with Gasteiger partial charge in [0.25, 0.3) is 0 Å². The first-order valence-corrected chi connectivity index (χ1v) is 6.60. The third-order valence-electron chi connectivity index (χ3n) is 2.72. The fraction of sp³-hybridized carbons (Fsp3) is 0.417. The Hall–Kier alpha value is -0.970. The number of benzene rings is 1. The highest BCUT2D eigenvalue weighted by atomic mass is 35.5. The molecule has 0 radical (unpaired) electrons. The highest BCUT2D eigenvalue weighted by Crippen LogP contribution is 2.28. The van der Waals surface area contributed by atoms with Crippen molar-refractivity contribution in [3.05, 3.63) is 23.2 Å². The van der Waals surface area contributed by atoms with Crippen LogP contribution >= 0.6 is 23.2 Å². The van der Waals surface area contributed by atoms with Crippen molar-refractivity contribution in [3.8, 4) is 0 Å². The van der Waals surface area contributed by atoms with Crippen LogP contribution in [0.1, 0.15) is 0 Å². The lowest BCUT2D eigenvalue weighted by Gasteiger charge is -2.29. The van der Waals surface area contributed by atoms with Gasteiger partial charge in [-0.1, -0.05) is 11.6 Å². The normalized spacial score (nSPS) is 15.6. The first kappa shape index (κ1) is 13.5. The van der Waals surface area contributed by atoms with Crippen LogP contribution in [0, 0.1) is 0 Å². The number of rotatable bonds is 3. The van der Waals surface area contributed by atoms with Crippen LogP contribution in [0.25, 0.3) is 0 Å². The molecular weight excluding hydrogens is 275 g/mol. The van der Waals surface area contributed by atoms with Gasteiger partial charge >= 0.3 is 0 Å². The molecule has 1 aromatic carbocycles. The van der Waals surface area contributed by atoms with Gasteiger partial charge in [-0.3, -0.25) is 4.79 Å². The predicted octanol–water partition coefficient (Wildman–Crippen LogP) is 2.35. The van der Waals surface area contributed by atoms with Crippen molar-refractivity contribution in [1.29, 1.82) is 0 Å². The number of ether oxygens (including phenoxy) is 1. The van der Waals surface area contributed by atoms with Crippen LogP contribution in [-0.2, 0) is 9.53 Å². The number of carbonyl (C=O) groups is 1. The molecule has 0 unspecified atom stereocenters. The number of morpholine rings is 1. The number of hydrogen-bond acceptors (Lipinski definition) is 3. The number of halogens is 2. The second-order valence-corrected chi connectivity index (χ2v) is 4.62. The number of anilines is 2. The number of amides is 1. The van der Waals surface area contributed by atoms with E-state index < -0.39 is 0 Å². The molecule has 0 spiro atoms. The van der Waals surface area contributed by atoms with Crippen LogP contribution in [0.4, 0.5) is 11.4 Å². The summed E-state index contributed by atoms with van der Waals surface area (Å²) in [6, 6.07) is 5.57. The van der Waals surface area contributed by atoms with E-state index in [0.717, 1.165) is 18.8 Å². The number of hydrogen-bond donors (Lipinski definition) is 1. The summed E-state index contributed by atoms with van der Waals surface area (Å²) in [5.41, 5.74) is 1.61. The molecule has 0 aliphatic carbocycles. The van der Waals surface area contributed by atoms with Crippen molar-refractivity contribution in [3.63, 3.8) is 0 Å². The van der Waals surface area contributed by atoms with Gasteiger partial charge in [-0.2, -0.15) is 0 Å². The van der Waals surface area contributed by atoms with E-state index in [-0.39, 0.29) is 11.8 Å². The maximum absolute atomic E-state index is 11.3. The van der Waals surface area contributed by atoms with E-state index in [2.05, 4.69) is 10.2 Å². The molecule has 2 rings (SSSR count). The van der Waals surface area contributed by atoms with Gasteiger partial charge in [0.1, 0.15) is 5.88 Å². The zero-order valence-electron chi connectivity index (χ0n) is 9.79. The highest BCUT2D eigenvalue weighted by Gasteiger charge is 2.13. The maximum atomic E-state index is 11.3. The van der Waals surface area contributed by atoms with Crippen LogP contribution < -0.4 is 10.2 Å². The molecule has 1 amide bonds. The fourth-order valence-electron chi connectivity index (χ4n) is 1.81. The van der Waals surface area contributed by atoms with Crippen LogP contribution in [0.3, 0.4) is 0 Å². The van der Waals surface area contributed by atoms with Crippen molar-refractivity contribution in [2.45, 2.75) is 0 Å². The van der Waals surface area contributed by atoms with Crippen LogP contribution in [0.2, 0.25) is 5.02 Å². The fourth-order valence-corrected chi connectivity index (χ4v) is 2.04. The molecule has 1 saturated heterocycles. The van der Waals surface area contributed by atoms with Crippen LogP contribution in [0.5, 0.6) is 0 Å². The molecule has 1 aliphatic rings. The number of carbonyl (C=O) groups excluding carboxylic acids is 1. The summed E-state index contributed by atoms with van der Waals surface area (Å²) >= 11 is 11.5. The molecule has 0 bridgehead atoms. The Kier molecular flexibility index (Phi) is 4.69. The highest BCUT2D eigenvalue weighted by molar-refractivity contribution is 6.34. The molecule has 1 heterocycles. The minimum absolute atomic E-state index is 0.0852. The minimum atomic E-state index is -0.266. The average Bonchev–Trinajstić information content (AvgIpc) is 2.42. The Labute approximate surface area is 116 Å². The standard InChI is InChI=1S/C12H14Cl2N2O2/c13-8-12(17)15-11-7-9(1-2-10(11)14)16-3-5-18-6-4-16/h1-2,7H,3-6,8H2,(H,15,17). The van der Waals surface area contributed by atoms with Gasteiger partial charge in [0.15, 0.2) is 0 Å². The molecule has 1 aromatic rings. The van der Waals surface area contributed by atoms with E-state index in [1.165, 1.54) is 0 Å². The van der Waals surface area contributed by atoms with Crippen LogP contribution in [-0.4, -0.2) is 38.1 Å². The van der Waals surface area contributed by atoms with E-state index in [9.17, 15) is 4.79 Å². The molecule has 6 heteroatoms. The zero-order chi connectivity index (χ0) is 13.0. The summed E-state index contributed by atoms with van der Waals surface area (Å²) in [7, 11) is 0. The zero-order valence-corrected chi connectivity index (χ0v) is 11.3. The van der Waals surface area contributed by atoms with Crippen molar-refractivity contribution in [2.24, 2.45) is 0 Å². The Morgan fingerprint density at radius 3 is 2.78 bits per heavy atom. The molecule has 1 N–H and O–H groups in total. The lowest BCUT2D eigenvalue weighted by molar-refractivity contribution is -0.113. The summed E-state index contributed by atoms with van der Waals surface area (Å²) in [6.07, 6.45) is 0. The minimum Gasteiger partial charge on any atom is -0.378 e. The molecular formula is C12H14Cl2N2O2. The molecule has 1 aliphatic heterocycles. The molecule has 0 aromatic heterocycles. The van der Waals surface area contributed by atoms with Crippen molar-refractivity contribution in [1.82, 2.24) is 0 Å². The summed E-state index contributed by atoms with van der Waals surface area (Å²) in [5, 5.41) is 3.18. The van der Waals surface area contributed by atoms with Gasteiger partial charge in [-0.15, -0.1) is 11.6 Å². The summed E-state index contributed by atoms with van der Waals surface area (Å²) in [4.78, 5) is 13.5. The predicted molar refractivity (Wildman–Crippen MR) is 73.8 cm³/mol. The van der Waals surface area contributed by atoms with Crippen molar-refractivity contribution >= 4 is 40.5 Å². The number of nitrogens with one attached hydrogen (secondary N) is 1. The Morgan fingerprint density at radius 1 is 1.39 bits per heavy atom. The van der Waals surface area contributed by atoms with Crippen molar-refractivity contribution < 1.29 is 9.53 Å². The SMILES string of the molecule is O=C(CCl)Nc1cc(N2CCOCC2)ccc1Cl. The Bertz CT molecular complexity index is 434. The lowest BCUT2D eigenvalue weighted by atomic mass is 10.2. The molecule has 18 heavy (non-hydrogen) atoms. The van der Waals surface area contributed by atoms with E-state index in [4.69, 9.17) is 27.9 Å². The summed E-state index contributed by atoms with van der Waals surface area (Å²) in [6.45, 7) is 3.10. The van der Waals surface area contributed by atoms with E-state index in [1.54, 1.807) is 6.07 Å². The Morgan fingerprint density at radius 2 is 2.11 bits per heavy atom. The first-order chi connectivity index (χ1) is 8.70. The summed E-state index contributed by atoms with van der Waals surface area (Å²) < 4.78 is 5.30. The molecule has 0 atom stereocenters. The molecule has 1 fully saturated rings. The second-order valence-electron chi connectivity index (χ2n) is 3.95. The number of nitrogens with zero attached hydrogens (tertiary/aromatic N) is 1. The quantitative estimate of drug-likeness (QED) is 0.868. The largest absolute Gasteiger partial charge is 0.378 e. The van der Waals surface area contributed by atoms with Gasteiger partial charge < -0.3 is 15.0 Å².